The highest BCUT2D eigenvalue weighted by Crippen LogP contribution is 2.17. The highest BCUT2D eigenvalue weighted by atomic mass is 16.5. The molecule has 0 unspecified atom stereocenters. The van der Waals surface area contributed by atoms with E-state index < -0.39 is 0 Å². The van der Waals surface area contributed by atoms with Crippen molar-refractivity contribution in [1.82, 2.24) is 14.0 Å². The van der Waals surface area contributed by atoms with E-state index in [-0.39, 0.29) is 5.56 Å². The molecule has 3 aromatic rings. The molecule has 0 aliphatic rings. The number of unbranched alkanes of at least 4 members (excludes halogenated alkanes) is 1. The van der Waals surface area contributed by atoms with Crippen molar-refractivity contribution < 1.29 is 4.74 Å². The van der Waals surface area contributed by atoms with Crippen molar-refractivity contribution in [2.24, 2.45) is 0 Å². The Hall–Kier alpha value is -2.30. The molecule has 0 radical (unpaired) electrons. The van der Waals surface area contributed by atoms with Crippen molar-refractivity contribution in [2.75, 3.05) is 7.11 Å². The molecule has 5 nitrogen and oxygen atoms in total. The van der Waals surface area contributed by atoms with Gasteiger partial charge in [-0.25, -0.2) is 0 Å². The first-order valence-corrected chi connectivity index (χ1v) is 6.81. The lowest BCUT2D eigenvalue weighted by Crippen LogP contribution is -2.23. The molecule has 0 amide bonds. The lowest BCUT2D eigenvalue weighted by molar-refractivity contribution is 0.399. The van der Waals surface area contributed by atoms with Crippen LogP contribution in [0.4, 0.5) is 0 Å². The van der Waals surface area contributed by atoms with Crippen molar-refractivity contribution in [3.63, 3.8) is 0 Å². The number of aryl methyl sites for hydroxylation is 1. The fraction of sp³-hybridized carbons (Fsp3) is 0.333. The minimum Gasteiger partial charge on any atom is -0.481 e. The zero-order valence-electron chi connectivity index (χ0n) is 11.7. The van der Waals surface area contributed by atoms with E-state index in [4.69, 9.17) is 4.74 Å². The number of methoxy groups -OCH3 is 1. The van der Waals surface area contributed by atoms with Gasteiger partial charge in [0.05, 0.1) is 12.6 Å². The van der Waals surface area contributed by atoms with E-state index in [1.54, 1.807) is 17.7 Å². The van der Waals surface area contributed by atoms with Crippen LogP contribution in [0.25, 0.3) is 16.7 Å². The summed E-state index contributed by atoms with van der Waals surface area (Å²) < 4.78 is 8.82. The van der Waals surface area contributed by atoms with Crippen LogP contribution < -0.4 is 10.3 Å². The number of aromatic nitrogens is 3. The van der Waals surface area contributed by atoms with Gasteiger partial charge in [-0.15, -0.1) is 0 Å². The first-order chi connectivity index (χ1) is 9.76. The van der Waals surface area contributed by atoms with Gasteiger partial charge in [-0.1, -0.05) is 13.3 Å². The number of ether oxygens (including phenoxy) is 1. The third kappa shape index (κ3) is 1.86. The number of pyridine rings is 1. The average Bonchev–Trinajstić information content (AvgIpc) is 2.97. The molecule has 3 heterocycles. The number of nitrogens with zero attached hydrogens (tertiary/aromatic N) is 3. The van der Waals surface area contributed by atoms with Crippen LogP contribution in [0.5, 0.6) is 5.88 Å². The topological polar surface area (TPSA) is 48.5 Å². The molecule has 0 bridgehead atoms. The standard InChI is InChI=1S/C15H17N3O2/c1-3-4-9-18-11-7-8-13(20-2)16-14(11)17-10-5-6-12(17)15(18)19/h5-8,10H,3-4,9H2,1-2H3. The summed E-state index contributed by atoms with van der Waals surface area (Å²) in [5.74, 6) is 0.549. The molecule has 20 heavy (non-hydrogen) atoms. The maximum absolute atomic E-state index is 12.5. The monoisotopic (exact) mass is 271 g/mol. The average molecular weight is 271 g/mol. The van der Waals surface area contributed by atoms with Crippen LogP contribution in [0.2, 0.25) is 0 Å². The van der Waals surface area contributed by atoms with Crippen LogP contribution >= 0.6 is 0 Å². The van der Waals surface area contributed by atoms with Gasteiger partial charge in [0, 0.05) is 18.8 Å². The zero-order chi connectivity index (χ0) is 14.1. The Balaban J connectivity index is 2.39. The molecule has 0 spiro atoms. The molecule has 5 heteroatoms. The Morgan fingerprint density at radius 2 is 2.10 bits per heavy atom. The van der Waals surface area contributed by atoms with Crippen LogP contribution in [0.1, 0.15) is 19.8 Å². The molecular formula is C15H17N3O2. The summed E-state index contributed by atoms with van der Waals surface area (Å²) >= 11 is 0. The van der Waals surface area contributed by atoms with Crippen molar-refractivity contribution in [3.8, 4) is 5.88 Å². The number of fused-ring (bicyclic) bond motifs is 3. The summed E-state index contributed by atoms with van der Waals surface area (Å²) in [4.78, 5) is 17.0. The fourth-order valence-corrected chi connectivity index (χ4v) is 2.45. The lowest BCUT2D eigenvalue weighted by atomic mass is 10.3. The number of hydrogen-bond acceptors (Lipinski definition) is 3. The molecule has 0 aromatic carbocycles. The minimum atomic E-state index is 0.0305. The number of hydrogen-bond donors (Lipinski definition) is 0. The van der Waals surface area contributed by atoms with Gasteiger partial charge < -0.3 is 9.30 Å². The normalized spacial score (nSPS) is 11.3. The molecule has 104 valence electrons. The molecule has 3 rings (SSSR count). The maximum Gasteiger partial charge on any atom is 0.275 e. The summed E-state index contributed by atoms with van der Waals surface area (Å²) in [6.45, 7) is 2.83. The molecule has 0 saturated heterocycles. The Bertz CT molecular complexity index is 817. The summed E-state index contributed by atoms with van der Waals surface area (Å²) in [5, 5.41) is 0. The van der Waals surface area contributed by atoms with Crippen LogP contribution in [-0.2, 0) is 6.54 Å². The van der Waals surface area contributed by atoms with Gasteiger partial charge in [0.15, 0.2) is 5.65 Å². The van der Waals surface area contributed by atoms with Gasteiger partial charge in [-0.05, 0) is 24.6 Å². The van der Waals surface area contributed by atoms with E-state index >= 15 is 0 Å². The number of rotatable bonds is 4. The second kappa shape index (κ2) is 5.00. The summed E-state index contributed by atoms with van der Waals surface area (Å²) in [7, 11) is 1.59. The van der Waals surface area contributed by atoms with Crippen LogP contribution in [0.15, 0.2) is 35.3 Å². The van der Waals surface area contributed by atoms with Gasteiger partial charge in [0.25, 0.3) is 5.56 Å². The molecule has 0 aliphatic heterocycles. The van der Waals surface area contributed by atoms with Crippen LogP contribution in [0.3, 0.4) is 0 Å². The zero-order valence-corrected chi connectivity index (χ0v) is 11.7. The van der Waals surface area contributed by atoms with Crippen molar-refractivity contribution in [1.29, 1.82) is 0 Å². The first-order valence-electron chi connectivity index (χ1n) is 6.81. The largest absolute Gasteiger partial charge is 0.481 e. The SMILES string of the molecule is CCCCn1c(=O)c2cccn2c2nc(OC)ccc21. The molecular weight excluding hydrogens is 254 g/mol. The Morgan fingerprint density at radius 1 is 1.25 bits per heavy atom. The molecule has 0 saturated carbocycles. The van der Waals surface area contributed by atoms with Gasteiger partial charge in [0.2, 0.25) is 5.88 Å². The molecule has 0 N–H and O–H groups in total. The van der Waals surface area contributed by atoms with Gasteiger partial charge in [-0.2, -0.15) is 4.98 Å². The minimum absolute atomic E-state index is 0.0305. The van der Waals surface area contributed by atoms with Crippen molar-refractivity contribution in [2.45, 2.75) is 26.3 Å². The Kier molecular flexibility index (Phi) is 3.18. The second-order valence-electron chi connectivity index (χ2n) is 4.77. The third-order valence-electron chi connectivity index (χ3n) is 3.51. The van der Waals surface area contributed by atoms with Gasteiger partial charge in [-0.3, -0.25) is 9.20 Å². The first kappa shape index (κ1) is 12.7. The quantitative estimate of drug-likeness (QED) is 0.732. The predicted octanol–water partition coefficient (Wildman–Crippen LogP) is 2.46. The van der Waals surface area contributed by atoms with Gasteiger partial charge >= 0.3 is 0 Å². The maximum atomic E-state index is 12.5. The molecule has 0 fully saturated rings. The summed E-state index contributed by atoms with van der Waals surface area (Å²) in [6, 6.07) is 7.38. The van der Waals surface area contributed by atoms with Crippen LogP contribution in [0, 0.1) is 0 Å². The fourth-order valence-electron chi connectivity index (χ4n) is 2.45. The van der Waals surface area contributed by atoms with E-state index in [1.807, 2.05) is 28.8 Å². The highest BCUT2D eigenvalue weighted by Gasteiger charge is 2.11. The van der Waals surface area contributed by atoms with E-state index in [0.717, 1.165) is 24.0 Å². The Labute approximate surface area is 116 Å². The molecule has 0 aliphatic carbocycles. The van der Waals surface area contributed by atoms with E-state index in [9.17, 15) is 4.79 Å². The second-order valence-corrected chi connectivity index (χ2v) is 4.77. The smallest absolute Gasteiger partial charge is 0.275 e. The predicted molar refractivity (Wildman–Crippen MR) is 78.4 cm³/mol. The van der Waals surface area contributed by atoms with Crippen LogP contribution in [-0.4, -0.2) is 21.1 Å². The van der Waals surface area contributed by atoms with E-state index in [2.05, 4.69) is 11.9 Å². The van der Waals surface area contributed by atoms with E-state index in [1.165, 1.54) is 0 Å². The summed E-state index contributed by atoms with van der Waals surface area (Å²) in [5.41, 5.74) is 2.27. The molecule has 0 atom stereocenters. The highest BCUT2D eigenvalue weighted by molar-refractivity contribution is 5.75. The third-order valence-corrected chi connectivity index (χ3v) is 3.51. The Morgan fingerprint density at radius 3 is 2.85 bits per heavy atom. The summed E-state index contributed by atoms with van der Waals surface area (Å²) in [6.07, 6.45) is 3.87. The van der Waals surface area contributed by atoms with Gasteiger partial charge in [0.1, 0.15) is 5.52 Å². The van der Waals surface area contributed by atoms with E-state index in [0.29, 0.717) is 17.9 Å². The lowest BCUT2D eigenvalue weighted by Gasteiger charge is -2.12. The van der Waals surface area contributed by atoms with Crippen molar-refractivity contribution in [3.05, 3.63) is 40.8 Å². The van der Waals surface area contributed by atoms with Crippen molar-refractivity contribution >= 4 is 16.7 Å². The molecule has 3 aromatic heterocycles.